The lowest BCUT2D eigenvalue weighted by Crippen LogP contribution is -2.67. The normalized spacial score (nSPS) is 22.0. The largest absolute Gasteiger partial charge is 0.463 e. The maximum absolute atomic E-state index is 13.7. The smallest absolute Gasteiger partial charge is 0.341 e. The highest BCUT2D eigenvalue weighted by molar-refractivity contribution is 6.21. The van der Waals surface area contributed by atoms with E-state index in [-0.39, 0.29) is 16.7 Å². The molecule has 2 heterocycles. The van der Waals surface area contributed by atoms with Crippen molar-refractivity contribution >= 4 is 35.7 Å². The topological polar surface area (TPSA) is 152 Å². The molecule has 2 aromatic carbocycles. The number of rotatable bonds is 9. The third-order valence-electron chi connectivity index (χ3n) is 7.04. The van der Waals surface area contributed by atoms with Gasteiger partial charge in [-0.3, -0.25) is 28.9 Å². The Morgan fingerprint density at radius 2 is 1.42 bits per heavy atom. The van der Waals surface area contributed by atoms with Gasteiger partial charge in [0, 0.05) is 32.8 Å². The van der Waals surface area contributed by atoms with Crippen LogP contribution in [0.5, 0.6) is 0 Å². The first kappa shape index (κ1) is 32.9. The van der Waals surface area contributed by atoms with Crippen LogP contribution >= 0.6 is 0 Å². The number of benzene rings is 2. The summed E-state index contributed by atoms with van der Waals surface area (Å²) < 4.78 is 28.0. The van der Waals surface area contributed by atoms with E-state index in [0.29, 0.717) is 12.0 Å². The fourth-order valence-corrected chi connectivity index (χ4v) is 5.09. The molecule has 2 aromatic rings. The second-order valence-electron chi connectivity index (χ2n) is 10.4. The Labute approximate surface area is 259 Å². The van der Waals surface area contributed by atoms with Crippen molar-refractivity contribution in [2.45, 2.75) is 77.6 Å². The molecule has 2 aliphatic rings. The maximum Gasteiger partial charge on any atom is 0.341 e. The van der Waals surface area contributed by atoms with Crippen LogP contribution in [0.25, 0.3) is 0 Å². The van der Waals surface area contributed by atoms with Gasteiger partial charge in [0.1, 0.15) is 18.8 Å². The van der Waals surface area contributed by atoms with Crippen LogP contribution in [0.2, 0.25) is 0 Å². The number of carbonyl (C=O) groups excluding carboxylic acids is 6. The van der Waals surface area contributed by atoms with E-state index in [1.54, 1.807) is 30.3 Å². The molecule has 45 heavy (non-hydrogen) atoms. The van der Waals surface area contributed by atoms with E-state index in [1.807, 2.05) is 6.92 Å². The number of esters is 4. The molecule has 1 saturated heterocycles. The van der Waals surface area contributed by atoms with Crippen molar-refractivity contribution in [2.24, 2.45) is 0 Å². The summed E-state index contributed by atoms with van der Waals surface area (Å²) in [5, 5.41) is 0. The third-order valence-corrected chi connectivity index (χ3v) is 7.04. The van der Waals surface area contributed by atoms with Crippen LogP contribution in [0.1, 0.15) is 83.6 Å². The van der Waals surface area contributed by atoms with Gasteiger partial charge in [0.15, 0.2) is 12.2 Å². The lowest BCUT2D eigenvalue weighted by Gasteiger charge is -2.46. The molecule has 12 heteroatoms. The highest BCUT2D eigenvalue weighted by Gasteiger charge is 2.58. The molecule has 5 atom stereocenters. The molecule has 0 aliphatic carbocycles. The summed E-state index contributed by atoms with van der Waals surface area (Å²) in [6, 6.07) is 10.9. The minimum Gasteiger partial charge on any atom is -0.463 e. The first-order valence-electron chi connectivity index (χ1n) is 14.4. The van der Waals surface area contributed by atoms with Gasteiger partial charge in [-0.15, -0.1) is 0 Å². The SMILES string of the molecule is CCCCC#Cc1ccccc1C(=O)O[C@@H]1O[C@H](COC(C)=O)[C@@H](OC(C)=O)[C@H](OC(C)=O)[C@H]1N1C(=O)c2ccccc2C1=O. The van der Waals surface area contributed by atoms with Crippen molar-refractivity contribution in [3.05, 3.63) is 70.8 Å². The monoisotopic (exact) mass is 619 g/mol. The Bertz CT molecular complexity index is 1520. The number of ether oxygens (including phenoxy) is 5. The quantitative estimate of drug-likeness (QED) is 0.134. The number of unbranched alkanes of at least 4 members (excludes halogenated alkanes) is 2. The number of imide groups is 1. The van der Waals surface area contributed by atoms with Gasteiger partial charge < -0.3 is 23.7 Å². The zero-order valence-electron chi connectivity index (χ0n) is 25.3. The number of hydrogen-bond acceptors (Lipinski definition) is 11. The summed E-state index contributed by atoms with van der Waals surface area (Å²) in [6.07, 6.45) is -3.73. The zero-order valence-corrected chi connectivity index (χ0v) is 25.3. The predicted molar refractivity (Wildman–Crippen MR) is 155 cm³/mol. The van der Waals surface area contributed by atoms with Crippen LogP contribution in [0.15, 0.2) is 48.5 Å². The molecule has 12 nitrogen and oxygen atoms in total. The van der Waals surface area contributed by atoms with Gasteiger partial charge in [0.25, 0.3) is 11.8 Å². The Balaban J connectivity index is 1.80. The minimum atomic E-state index is -1.77. The van der Waals surface area contributed by atoms with Gasteiger partial charge in [-0.1, -0.05) is 49.5 Å². The third kappa shape index (κ3) is 7.56. The highest BCUT2D eigenvalue weighted by atomic mass is 16.7. The van der Waals surface area contributed by atoms with Crippen molar-refractivity contribution in [1.29, 1.82) is 0 Å². The summed E-state index contributed by atoms with van der Waals surface area (Å²) in [4.78, 5) is 78.1. The van der Waals surface area contributed by atoms with E-state index >= 15 is 0 Å². The van der Waals surface area contributed by atoms with Crippen molar-refractivity contribution in [3.63, 3.8) is 0 Å². The van der Waals surface area contributed by atoms with E-state index in [9.17, 15) is 28.8 Å². The average Bonchev–Trinajstić information content (AvgIpc) is 3.24. The summed E-state index contributed by atoms with van der Waals surface area (Å²) in [5.41, 5.74) is 0.576. The fraction of sp³-hybridized carbons (Fsp3) is 0.394. The van der Waals surface area contributed by atoms with Crippen molar-refractivity contribution in [2.75, 3.05) is 6.61 Å². The van der Waals surface area contributed by atoms with Gasteiger partial charge in [-0.2, -0.15) is 0 Å². The summed E-state index contributed by atoms with van der Waals surface area (Å²) in [5.74, 6) is 1.15. The standard InChI is InChI=1S/C33H33NO11/c1-5-6-7-8-13-22-14-9-10-15-23(22)32(40)45-33-27(34-30(38)24-16-11-12-17-25(24)31(34)39)29(43-21(4)37)28(42-20(3)36)26(44-33)18-41-19(2)35/h9-12,14-17,26-29,33H,5-7,18H2,1-4H3/t26-,27-,28-,29-,33+/m1/s1. The number of carbonyl (C=O) groups is 6. The zero-order chi connectivity index (χ0) is 32.7. The van der Waals surface area contributed by atoms with Gasteiger partial charge in [-0.25, -0.2) is 4.79 Å². The summed E-state index contributed by atoms with van der Waals surface area (Å²) in [7, 11) is 0. The second-order valence-corrected chi connectivity index (χ2v) is 10.4. The Morgan fingerprint density at radius 1 is 0.822 bits per heavy atom. The van der Waals surface area contributed by atoms with Crippen molar-refractivity contribution in [1.82, 2.24) is 4.90 Å². The van der Waals surface area contributed by atoms with Crippen LogP contribution in [0.4, 0.5) is 0 Å². The molecule has 1 fully saturated rings. The maximum atomic E-state index is 13.7. The molecule has 236 valence electrons. The van der Waals surface area contributed by atoms with E-state index < -0.39 is 72.9 Å². The van der Waals surface area contributed by atoms with E-state index in [0.717, 1.165) is 38.5 Å². The molecule has 2 amide bonds. The van der Waals surface area contributed by atoms with Crippen molar-refractivity contribution < 1.29 is 52.5 Å². The number of hydrogen-bond donors (Lipinski definition) is 0. The predicted octanol–water partition coefficient (Wildman–Crippen LogP) is 3.20. The minimum absolute atomic E-state index is 0.0629. The van der Waals surface area contributed by atoms with Crippen LogP contribution < -0.4 is 0 Å². The van der Waals surface area contributed by atoms with Gasteiger partial charge in [-0.05, 0) is 30.7 Å². The number of nitrogens with zero attached hydrogens (tertiary/aromatic N) is 1. The van der Waals surface area contributed by atoms with E-state index in [1.165, 1.54) is 18.2 Å². The molecule has 0 bridgehead atoms. The Hall–Kier alpha value is -5.02. The first-order valence-corrected chi connectivity index (χ1v) is 14.4. The van der Waals surface area contributed by atoms with Crippen LogP contribution in [0, 0.1) is 11.8 Å². The summed E-state index contributed by atoms with van der Waals surface area (Å²) in [6.45, 7) is 4.84. The van der Waals surface area contributed by atoms with E-state index in [4.69, 9.17) is 23.7 Å². The molecule has 0 N–H and O–H groups in total. The van der Waals surface area contributed by atoms with Gasteiger partial charge in [0.05, 0.1) is 16.7 Å². The molecular formula is C33H33NO11. The summed E-state index contributed by atoms with van der Waals surface area (Å²) >= 11 is 0. The molecular weight excluding hydrogens is 586 g/mol. The average molecular weight is 620 g/mol. The molecule has 0 saturated carbocycles. The van der Waals surface area contributed by atoms with Gasteiger partial charge >= 0.3 is 23.9 Å². The Kier molecular flexibility index (Phi) is 10.7. The molecule has 4 rings (SSSR count). The van der Waals surface area contributed by atoms with E-state index in [2.05, 4.69) is 11.8 Å². The highest BCUT2D eigenvalue weighted by Crippen LogP contribution is 2.36. The van der Waals surface area contributed by atoms with Crippen molar-refractivity contribution in [3.8, 4) is 11.8 Å². The lowest BCUT2D eigenvalue weighted by molar-refractivity contribution is -0.271. The van der Waals surface area contributed by atoms with Crippen LogP contribution in [-0.4, -0.2) is 77.8 Å². The second kappa shape index (κ2) is 14.6. The fourth-order valence-electron chi connectivity index (χ4n) is 5.09. The molecule has 0 aromatic heterocycles. The molecule has 2 aliphatic heterocycles. The molecule has 0 spiro atoms. The molecule has 0 unspecified atom stereocenters. The number of amides is 2. The number of fused-ring (bicyclic) bond motifs is 1. The van der Waals surface area contributed by atoms with Crippen LogP contribution in [-0.2, 0) is 38.1 Å². The first-order chi connectivity index (χ1) is 21.5. The lowest BCUT2D eigenvalue weighted by atomic mass is 9.94. The Morgan fingerprint density at radius 3 is 2.02 bits per heavy atom. The van der Waals surface area contributed by atoms with Crippen LogP contribution in [0.3, 0.4) is 0 Å². The molecule has 0 radical (unpaired) electrons. The van der Waals surface area contributed by atoms with Gasteiger partial charge in [0.2, 0.25) is 6.29 Å².